The summed E-state index contributed by atoms with van der Waals surface area (Å²) in [6.07, 6.45) is 1.45. The third-order valence-electron chi connectivity index (χ3n) is 6.22. The molecule has 0 unspecified atom stereocenters. The van der Waals surface area contributed by atoms with E-state index in [4.69, 9.17) is 67.2 Å². The van der Waals surface area contributed by atoms with Gasteiger partial charge in [0.1, 0.15) is 4.90 Å². The Morgan fingerprint density at radius 3 is 2.09 bits per heavy atom. The first-order valence-electron chi connectivity index (χ1n) is 12.4. The Labute approximate surface area is 278 Å². The molecule has 1 amide bonds. The lowest BCUT2D eigenvalue weighted by Crippen LogP contribution is -2.28. The van der Waals surface area contributed by atoms with E-state index in [2.05, 4.69) is 0 Å². The van der Waals surface area contributed by atoms with Gasteiger partial charge in [0.15, 0.2) is 10.9 Å². The Kier molecular flexibility index (Phi) is 9.40. The van der Waals surface area contributed by atoms with E-state index in [-0.39, 0.29) is 31.2 Å². The number of nitrogens with zero attached hydrogens (tertiary/aromatic N) is 2. The lowest BCUT2D eigenvalue weighted by atomic mass is 10.1. The van der Waals surface area contributed by atoms with Gasteiger partial charge in [-0.3, -0.25) is 9.69 Å². The van der Waals surface area contributed by atoms with Gasteiger partial charge < -0.3 is 4.18 Å². The molecule has 4 aromatic carbocycles. The lowest BCUT2D eigenvalue weighted by molar-refractivity contribution is -0.113. The standard InChI is InChI=1S/C30H19Cl5N2O4S2/c1-16-3-7-21(14-24(16)33)36-30-37(22-8-4-17(2)25(34)15-22)29(38)27(42-30)12-18-11-20(32)13-26(35)28(18)41-43(39,40)23-9-5-19(31)6-10-23/h3-15H,1-2H3/b27-12+,36-30?. The summed E-state index contributed by atoms with van der Waals surface area (Å²) in [5, 5.41) is 1.80. The number of aliphatic imine (C=N–C) groups is 1. The minimum atomic E-state index is -4.33. The molecule has 0 aromatic heterocycles. The number of amidine groups is 1. The van der Waals surface area contributed by atoms with Crippen molar-refractivity contribution in [3.05, 3.63) is 120 Å². The first-order chi connectivity index (χ1) is 20.3. The average molecular weight is 713 g/mol. The highest BCUT2D eigenvalue weighted by molar-refractivity contribution is 8.19. The maximum absolute atomic E-state index is 13.9. The number of hydrogen-bond donors (Lipinski definition) is 0. The highest BCUT2D eigenvalue weighted by Gasteiger charge is 2.35. The third kappa shape index (κ3) is 7.02. The molecule has 0 N–H and O–H groups in total. The second-order valence-electron chi connectivity index (χ2n) is 9.31. The zero-order chi connectivity index (χ0) is 31.1. The molecule has 220 valence electrons. The number of anilines is 1. The SMILES string of the molecule is Cc1ccc(N=C2S/C(=C/c3cc(Cl)cc(Cl)c3OS(=O)(=O)c3ccc(Cl)cc3)C(=O)N2c2ccc(C)c(Cl)c2)cc1Cl. The van der Waals surface area contributed by atoms with Crippen LogP contribution in [-0.4, -0.2) is 19.5 Å². The average Bonchev–Trinajstić information content (AvgIpc) is 3.24. The molecule has 6 nitrogen and oxygen atoms in total. The molecule has 13 heteroatoms. The van der Waals surface area contributed by atoms with Gasteiger partial charge in [-0.05, 0) is 103 Å². The number of aryl methyl sites for hydroxylation is 2. The first-order valence-corrected chi connectivity index (χ1v) is 16.5. The van der Waals surface area contributed by atoms with Crippen molar-refractivity contribution in [1.82, 2.24) is 0 Å². The number of benzene rings is 4. The summed E-state index contributed by atoms with van der Waals surface area (Å²) in [5.74, 6) is -0.646. The number of hydrogen-bond acceptors (Lipinski definition) is 6. The Morgan fingerprint density at radius 1 is 0.791 bits per heavy atom. The van der Waals surface area contributed by atoms with Crippen molar-refractivity contribution < 1.29 is 17.4 Å². The normalized spacial score (nSPS) is 15.5. The van der Waals surface area contributed by atoms with Crippen LogP contribution in [0, 0.1) is 13.8 Å². The van der Waals surface area contributed by atoms with Crippen molar-refractivity contribution in [2.75, 3.05) is 4.90 Å². The quantitative estimate of drug-likeness (QED) is 0.147. The maximum Gasteiger partial charge on any atom is 0.339 e. The molecule has 4 aromatic rings. The molecule has 1 saturated heterocycles. The molecule has 0 spiro atoms. The van der Waals surface area contributed by atoms with Crippen LogP contribution in [0.25, 0.3) is 6.08 Å². The topological polar surface area (TPSA) is 76.0 Å². The summed E-state index contributed by atoms with van der Waals surface area (Å²) in [5.41, 5.74) is 2.88. The van der Waals surface area contributed by atoms with E-state index in [1.165, 1.54) is 47.4 Å². The molecule has 1 heterocycles. The van der Waals surface area contributed by atoms with Gasteiger partial charge in [-0.15, -0.1) is 0 Å². The third-order valence-corrected chi connectivity index (χ3v) is 9.99. The van der Waals surface area contributed by atoms with Crippen molar-refractivity contribution in [1.29, 1.82) is 0 Å². The number of rotatable bonds is 6. The van der Waals surface area contributed by atoms with E-state index >= 15 is 0 Å². The summed E-state index contributed by atoms with van der Waals surface area (Å²) >= 11 is 32.4. The smallest absolute Gasteiger partial charge is 0.339 e. The molecule has 0 radical (unpaired) electrons. The lowest BCUT2D eigenvalue weighted by Gasteiger charge is -2.17. The molecular weight excluding hydrogens is 694 g/mol. The van der Waals surface area contributed by atoms with Crippen LogP contribution in [0.1, 0.15) is 16.7 Å². The van der Waals surface area contributed by atoms with Gasteiger partial charge in [0, 0.05) is 25.7 Å². The fourth-order valence-electron chi connectivity index (χ4n) is 3.93. The van der Waals surface area contributed by atoms with Crippen molar-refractivity contribution in [3.8, 4) is 5.75 Å². The summed E-state index contributed by atoms with van der Waals surface area (Å²) in [4.78, 5) is 20.1. The summed E-state index contributed by atoms with van der Waals surface area (Å²) in [6.45, 7) is 3.72. The number of thioether (sulfide) groups is 1. The van der Waals surface area contributed by atoms with E-state index in [0.29, 0.717) is 31.6 Å². The number of halogens is 5. The van der Waals surface area contributed by atoms with Crippen molar-refractivity contribution in [2.45, 2.75) is 18.7 Å². The molecule has 43 heavy (non-hydrogen) atoms. The van der Waals surface area contributed by atoms with E-state index in [0.717, 1.165) is 22.9 Å². The van der Waals surface area contributed by atoms with Crippen LogP contribution in [0.3, 0.4) is 0 Å². The van der Waals surface area contributed by atoms with Crippen LogP contribution in [0.4, 0.5) is 11.4 Å². The summed E-state index contributed by atoms with van der Waals surface area (Å²) < 4.78 is 31.7. The van der Waals surface area contributed by atoms with Crippen LogP contribution in [0.15, 0.2) is 87.6 Å². The van der Waals surface area contributed by atoms with Crippen LogP contribution >= 0.6 is 69.8 Å². The van der Waals surface area contributed by atoms with Gasteiger partial charge in [-0.25, -0.2) is 4.99 Å². The zero-order valence-corrected chi connectivity index (χ0v) is 27.7. The molecule has 0 saturated carbocycles. The van der Waals surface area contributed by atoms with E-state index < -0.39 is 16.0 Å². The van der Waals surface area contributed by atoms with E-state index in [9.17, 15) is 13.2 Å². The van der Waals surface area contributed by atoms with Crippen LogP contribution in [-0.2, 0) is 14.9 Å². The number of carbonyl (C=O) groups excluding carboxylic acids is 1. The Bertz CT molecular complexity index is 1950. The second kappa shape index (κ2) is 12.7. The molecule has 0 aliphatic carbocycles. The highest BCUT2D eigenvalue weighted by Crippen LogP contribution is 2.42. The minimum Gasteiger partial charge on any atom is -0.377 e. The van der Waals surface area contributed by atoms with Gasteiger partial charge >= 0.3 is 10.1 Å². The van der Waals surface area contributed by atoms with Crippen molar-refractivity contribution in [3.63, 3.8) is 0 Å². The summed E-state index contributed by atoms with van der Waals surface area (Å²) in [7, 11) is -4.33. The monoisotopic (exact) mass is 710 g/mol. The summed E-state index contributed by atoms with van der Waals surface area (Å²) in [6, 6.07) is 18.8. The second-order valence-corrected chi connectivity index (χ2v) is 14.0. The molecule has 1 aliphatic rings. The van der Waals surface area contributed by atoms with E-state index in [1.54, 1.807) is 30.3 Å². The molecule has 1 aliphatic heterocycles. The molecule has 0 atom stereocenters. The molecule has 0 bridgehead atoms. The maximum atomic E-state index is 13.9. The molecule has 5 rings (SSSR count). The highest BCUT2D eigenvalue weighted by atomic mass is 35.5. The molecular formula is C30H19Cl5N2O4S2. The van der Waals surface area contributed by atoms with Crippen LogP contribution in [0.5, 0.6) is 5.75 Å². The van der Waals surface area contributed by atoms with Gasteiger partial charge in [0.05, 0.1) is 21.3 Å². The fraction of sp³-hybridized carbons (Fsp3) is 0.0667. The zero-order valence-electron chi connectivity index (χ0n) is 22.2. The Morgan fingerprint density at radius 2 is 1.44 bits per heavy atom. The van der Waals surface area contributed by atoms with Crippen molar-refractivity contribution in [2.24, 2.45) is 4.99 Å². The minimum absolute atomic E-state index is 0.0716. The van der Waals surface area contributed by atoms with Gasteiger partial charge in [0.25, 0.3) is 5.91 Å². The first kappa shape index (κ1) is 31.7. The molecule has 1 fully saturated rings. The van der Waals surface area contributed by atoms with Crippen LogP contribution in [0.2, 0.25) is 25.1 Å². The van der Waals surface area contributed by atoms with Gasteiger partial charge in [-0.1, -0.05) is 70.1 Å². The Hall–Kier alpha value is -2.69. The number of amides is 1. The fourth-order valence-corrected chi connectivity index (χ4v) is 6.97. The van der Waals surface area contributed by atoms with Gasteiger partial charge in [-0.2, -0.15) is 8.42 Å². The van der Waals surface area contributed by atoms with Gasteiger partial charge in [0.2, 0.25) is 0 Å². The largest absolute Gasteiger partial charge is 0.377 e. The van der Waals surface area contributed by atoms with E-state index in [1.807, 2.05) is 19.9 Å². The van der Waals surface area contributed by atoms with Crippen molar-refractivity contribution >= 4 is 108 Å². The predicted octanol–water partition coefficient (Wildman–Crippen LogP) is 10.1. The number of carbonyl (C=O) groups is 1. The predicted molar refractivity (Wildman–Crippen MR) is 178 cm³/mol. The Balaban J connectivity index is 1.61. The van der Waals surface area contributed by atoms with Crippen LogP contribution < -0.4 is 9.08 Å².